The zero-order valence-electron chi connectivity index (χ0n) is 16.0. The zero-order valence-corrected chi connectivity index (χ0v) is 17.6. The van der Waals surface area contributed by atoms with E-state index in [1.165, 1.54) is 6.20 Å². The molecule has 1 fully saturated rings. The van der Waals surface area contributed by atoms with Gasteiger partial charge in [-0.3, -0.25) is 9.13 Å². The van der Waals surface area contributed by atoms with Gasteiger partial charge in [0.1, 0.15) is 11.8 Å². The molecule has 8 heteroatoms. The van der Waals surface area contributed by atoms with Crippen LogP contribution in [-0.4, -0.2) is 32.4 Å². The van der Waals surface area contributed by atoms with Crippen molar-refractivity contribution >= 4 is 27.1 Å². The number of pyridine rings is 1. The fourth-order valence-electron chi connectivity index (χ4n) is 4.00. The predicted molar refractivity (Wildman–Crippen MR) is 112 cm³/mol. The normalized spacial score (nSPS) is 19.2. The van der Waals surface area contributed by atoms with E-state index >= 15 is 0 Å². The van der Waals surface area contributed by atoms with Crippen LogP contribution in [0.1, 0.15) is 42.9 Å². The molecule has 2 aromatic heterocycles. The molecule has 2 heterocycles. The summed E-state index contributed by atoms with van der Waals surface area (Å²) in [4.78, 5) is 17.8. The van der Waals surface area contributed by atoms with Gasteiger partial charge in [-0.1, -0.05) is 6.07 Å². The van der Waals surface area contributed by atoms with E-state index in [0.29, 0.717) is 36.1 Å². The van der Waals surface area contributed by atoms with Crippen molar-refractivity contribution in [1.82, 2.24) is 14.1 Å². The lowest BCUT2D eigenvalue weighted by molar-refractivity contribution is 0.110. The van der Waals surface area contributed by atoms with Crippen LogP contribution in [0.5, 0.6) is 5.75 Å². The van der Waals surface area contributed by atoms with Crippen molar-refractivity contribution < 1.29 is 9.84 Å². The number of rotatable bonds is 4. The van der Waals surface area contributed by atoms with Crippen LogP contribution >= 0.6 is 15.9 Å². The van der Waals surface area contributed by atoms with Crippen LogP contribution in [0.3, 0.4) is 0 Å². The molecule has 0 aliphatic heterocycles. The molecule has 0 atom stereocenters. The molecular formula is C21H21BrN4O3. The van der Waals surface area contributed by atoms with Gasteiger partial charge in [0.15, 0.2) is 5.65 Å². The third kappa shape index (κ3) is 3.68. The number of imidazole rings is 1. The molecule has 1 N–H and O–H groups in total. The number of benzene rings is 1. The summed E-state index contributed by atoms with van der Waals surface area (Å²) in [7, 11) is 1.61. The van der Waals surface area contributed by atoms with E-state index in [4.69, 9.17) is 4.74 Å². The largest absolute Gasteiger partial charge is 0.496 e. The van der Waals surface area contributed by atoms with Gasteiger partial charge in [0.2, 0.25) is 0 Å². The number of hydrogen-bond donors (Lipinski definition) is 1. The van der Waals surface area contributed by atoms with E-state index < -0.39 is 0 Å². The maximum Gasteiger partial charge on any atom is 0.330 e. The fourth-order valence-corrected chi connectivity index (χ4v) is 4.59. The summed E-state index contributed by atoms with van der Waals surface area (Å²) >= 11 is 3.49. The van der Waals surface area contributed by atoms with Crippen LogP contribution in [0.15, 0.2) is 39.7 Å². The minimum atomic E-state index is -0.301. The van der Waals surface area contributed by atoms with Crippen molar-refractivity contribution in [3.63, 3.8) is 0 Å². The van der Waals surface area contributed by atoms with E-state index in [-0.39, 0.29) is 17.8 Å². The van der Waals surface area contributed by atoms with Gasteiger partial charge in [-0.15, -0.1) is 0 Å². The summed E-state index contributed by atoms with van der Waals surface area (Å²) in [5.74, 6) is 0.720. The number of aromatic nitrogens is 3. The Labute approximate surface area is 176 Å². The Balaban J connectivity index is 1.82. The van der Waals surface area contributed by atoms with Gasteiger partial charge in [0.05, 0.1) is 35.3 Å². The highest BCUT2D eigenvalue weighted by atomic mass is 79.9. The fraction of sp³-hybridized carbons (Fsp3) is 0.381. The van der Waals surface area contributed by atoms with Gasteiger partial charge in [-0.2, -0.15) is 5.26 Å². The van der Waals surface area contributed by atoms with E-state index in [1.807, 2.05) is 18.2 Å². The highest BCUT2D eigenvalue weighted by Gasteiger charge is 2.26. The molecule has 1 saturated carbocycles. The third-order valence-corrected chi connectivity index (χ3v) is 6.14. The Hall–Kier alpha value is -2.63. The van der Waals surface area contributed by atoms with Gasteiger partial charge in [0.25, 0.3) is 0 Å². The quantitative estimate of drug-likeness (QED) is 0.649. The minimum Gasteiger partial charge on any atom is -0.496 e. The van der Waals surface area contributed by atoms with Crippen molar-refractivity contribution in [3.8, 4) is 11.8 Å². The standard InChI is InChI=1S/C21H21BrN4O3/c1-29-19-7-2-13(8-17(19)22)12-25-18-9-14(10-23)11-24-20(18)26(21(25)28)15-3-5-16(27)6-4-15/h2,7-9,11,15-16,27H,3-6,12H2,1H3. The van der Waals surface area contributed by atoms with Crippen LogP contribution in [-0.2, 0) is 6.54 Å². The molecule has 0 spiro atoms. The number of halogens is 1. The lowest BCUT2D eigenvalue weighted by atomic mass is 9.93. The van der Waals surface area contributed by atoms with E-state index in [0.717, 1.165) is 28.6 Å². The Morgan fingerprint density at radius 1 is 1.31 bits per heavy atom. The molecule has 0 unspecified atom stereocenters. The molecular weight excluding hydrogens is 436 g/mol. The Bertz CT molecular complexity index is 1150. The van der Waals surface area contributed by atoms with Crippen molar-refractivity contribution in [2.24, 2.45) is 0 Å². The summed E-state index contributed by atoms with van der Waals surface area (Å²) in [6.45, 7) is 0.358. The van der Waals surface area contributed by atoms with Crippen LogP contribution in [0, 0.1) is 11.3 Å². The molecule has 1 aliphatic carbocycles. The number of methoxy groups -OCH3 is 1. The monoisotopic (exact) mass is 456 g/mol. The van der Waals surface area contributed by atoms with Crippen molar-refractivity contribution in [2.75, 3.05) is 7.11 Å². The first kappa shape index (κ1) is 19.7. The Morgan fingerprint density at radius 3 is 2.72 bits per heavy atom. The summed E-state index contributed by atoms with van der Waals surface area (Å²) in [5, 5.41) is 19.1. The lowest BCUT2D eigenvalue weighted by Crippen LogP contribution is -2.31. The Kier molecular flexibility index (Phi) is 5.43. The molecule has 3 aromatic rings. The molecule has 7 nitrogen and oxygen atoms in total. The van der Waals surface area contributed by atoms with Crippen molar-refractivity contribution in [3.05, 3.63) is 56.5 Å². The van der Waals surface area contributed by atoms with Gasteiger partial charge in [-0.25, -0.2) is 9.78 Å². The van der Waals surface area contributed by atoms with Gasteiger partial charge in [0, 0.05) is 12.2 Å². The van der Waals surface area contributed by atoms with E-state index in [2.05, 4.69) is 27.0 Å². The molecule has 0 bridgehead atoms. The first-order valence-corrected chi connectivity index (χ1v) is 10.3. The molecule has 0 saturated heterocycles. The van der Waals surface area contributed by atoms with Gasteiger partial charge in [-0.05, 0) is 65.4 Å². The Morgan fingerprint density at radius 2 is 2.07 bits per heavy atom. The SMILES string of the molecule is COc1ccc(Cn2c(=O)n(C3CCC(O)CC3)c3ncc(C#N)cc32)cc1Br. The number of aliphatic hydroxyl groups is 1. The van der Waals surface area contributed by atoms with E-state index in [9.17, 15) is 15.2 Å². The summed E-state index contributed by atoms with van der Waals surface area (Å²) in [6.07, 6.45) is 4.01. The number of aliphatic hydroxyl groups excluding tert-OH is 1. The van der Waals surface area contributed by atoms with Gasteiger partial charge >= 0.3 is 5.69 Å². The smallest absolute Gasteiger partial charge is 0.330 e. The second-order valence-electron chi connectivity index (χ2n) is 7.35. The van der Waals surface area contributed by atoms with Crippen LogP contribution in [0.25, 0.3) is 11.2 Å². The zero-order chi connectivity index (χ0) is 20.5. The highest BCUT2D eigenvalue weighted by Crippen LogP contribution is 2.30. The maximum atomic E-state index is 13.4. The molecule has 0 radical (unpaired) electrons. The summed E-state index contributed by atoms with van der Waals surface area (Å²) in [5.41, 5.74) is 2.43. The summed E-state index contributed by atoms with van der Waals surface area (Å²) < 4.78 is 9.50. The van der Waals surface area contributed by atoms with Crippen LogP contribution < -0.4 is 10.4 Å². The van der Waals surface area contributed by atoms with Crippen molar-refractivity contribution in [1.29, 1.82) is 5.26 Å². The van der Waals surface area contributed by atoms with Crippen molar-refractivity contribution in [2.45, 2.75) is 44.4 Å². The molecule has 1 aromatic carbocycles. The molecule has 0 amide bonds. The van der Waals surface area contributed by atoms with Gasteiger partial charge < -0.3 is 9.84 Å². The molecule has 1 aliphatic rings. The molecule has 4 rings (SSSR count). The third-order valence-electron chi connectivity index (χ3n) is 5.52. The number of fused-ring (bicyclic) bond motifs is 1. The lowest BCUT2D eigenvalue weighted by Gasteiger charge is -2.26. The number of ether oxygens (including phenoxy) is 1. The van der Waals surface area contributed by atoms with Crippen LogP contribution in [0.4, 0.5) is 0 Å². The average molecular weight is 457 g/mol. The number of nitrogens with zero attached hydrogens (tertiary/aromatic N) is 4. The van der Waals surface area contributed by atoms with Crippen LogP contribution in [0.2, 0.25) is 0 Å². The number of nitriles is 1. The minimum absolute atomic E-state index is 0.00214. The predicted octanol–water partition coefficient (Wildman–Crippen LogP) is 3.37. The second kappa shape index (κ2) is 8.01. The topological polar surface area (TPSA) is 93.1 Å². The second-order valence-corrected chi connectivity index (χ2v) is 8.20. The molecule has 29 heavy (non-hydrogen) atoms. The summed E-state index contributed by atoms with van der Waals surface area (Å²) in [6, 6.07) is 9.51. The maximum absolute atomic E-state index is 13.4. The number of hydrogen-bond acceptors (Lipinski definition) is 5. The first-order chi connectivity index (χ1) is 14.0. The van der Waals surface area contributed by atoms with E-state index in [1.54, 1.807) is 22.3 Å². The molecule has 150 valence electrons. The average Bonchev–Trinajstić information content (AvgIpc) is 3.00. The first-order valence-electron chi connectivity index (χ1n) is 9.53. The highest BCUT2D eigenvalue weighted by molar-refractivity contribution is 9.10.